The van der Waals surface area contributed by atoms with E-state index < -0.39 is 0 Å². The molecule has 2 unspecified atom stereocenters. The monoisotopic (exact) mass is 282 g/mol. The summed E-state index contributed by atoms with van der Waals surface area (Å²) in [5.41, 5.74) is 1.22. The highest BCUT2D eigenvalue weighted by molar-refractivity contribution is 8.00. The van der Waals surface area contributed by atoms with Crippen molar-refractivity contribution in [2.24, 2.45) is 0 Å². The van der Waals surface area contributed by atoms with E-state index >= 15 is 0 Å². The maximum Gasteiger partial charge on any atom is 0.238 e. The third kappa shape index (κ3) is 2.31. The van der Waals surface area contributed by atoms with Gasteiger partial charge in [-0.2, -0.15) is 23.1 Å². The zero-order valence-corrected chi connectivity index (χ0v) is 12.1. The maximum atomic E-state index is 12.1. The van der Waals surface area contributed by atoms with Crippen molar-refractivity contribution in [1.82, 2.24) is 10.2 Å². The number of carbonyl (C=O) groups excluding carboxylic acids is 1. The Bertz CT molecular complexity index is 426. The van der Waals surface area contributed by atoms with Gasteiger partial charge in [0.2, 0.25) is 5.91 Å². The number of thiophene rings is 1. The predicted octanol–water partition coefficient (Wildman–Crippen LogP) is 2.46. The molecule has 2 fully saturated rings. The summed E-state index contributed by atoms with van der Waals surface area (Å²) in [5, 5.41) is 7.53. The number of hydrogen-bond acceptors (Lipinski definition) is 4. The smallest absolute Gasteiger partial charge is 0.238 e. The molecule has 0 aliphatic carbocycles. The fraction of sp³-hybridized carbons (Fsp3) is 0.615. The van der Waals surface area contributed by atoms with E-state index in [1.54, 1.807) is 11.3 Å². The lowest BCUT2D eigenvalue weighted by Crippen LogP contribution is -2.40. The van der Waals surface area contributed by atoms with Crippen LogP contribution >= 0.6 is 23.1 Å². The Morgan fingerprint density at radius 2 is 2.50 bits per heavy atom. The number of amides is 1. The van der Waals surface area contributed by atoms with Crippen molar-refractivity contribution in [3.63, 3.8) is 0 Å². The highest BCUT2D eigenvalue weighted by atomic mass is 32.2. The molecule has 0 spiro atoms. The van der Waals surface area contributed by atoms with Crippen molar-refractivity contribution < 1.29 is 4.79 Å². The lowest BCUT2D eigenvalue weighted by atomic mass is 10.0. The van der Waals surface area contributed by atoms with Crippen LogP contribution in [-0.4, -0.2) is 34.4 Å². The van der Waals surface area contributed by atoms with Crippen molar-refractivity contribution in [2.45, 2.75) is 30.7 Å². The Morgan fingerprint density at radius 1 is 1.61 bits per heavy atom. The first-order chi connectivity index (χ1) is 8.68. The van der Waals surface area contributed by atoms with Crippen LogP contribution < -0.4 is 5.32 Å². The summed E-state index contributed by atoms with van der Waals surface area (Å²) in [6.45, 7) is 3.63. The molecule has 18 heavy (non-hydrogen) atoms. The molecule has 2 aliphatic heterocycles. The van der Waals surface area contributed by atoms with Crippen LogP contribution in [0, 0.1) is 0 Å². The Hall–Kier alpha value is -0.520. The van der Waals surface area contributed by atoms with Gasteiger partial charge in [-0.15, -0.1) is 0 Å². The lowest BCUT2D eigenvalue weighted by molar-refractivity contribution is -0.128. The van der Waals surface area contributed by atoms with E-state index in [0.717, 1.165) is 6.54 Å². The quantitative estimate of drug-likeness (QED) is 0.924. The van der Waals surface area contributed by atoms with Gasteiger partial charge in [0.1, 0.15) is 6.17 Å². The zero-order chi connectivity index (χ0) is 12.6. The van der Waals surface area contributed by atoms with Gasteiger partial charge in [-0.1, -0.05) is 0 Å². The Kier molecular flexibility index (Phi) is 3.38. The van der Waals surface area contributed by atoms with Gasteiger partial charge in [0.25, 0.3) is 0 Å². The van der Waals surface area contributed by atoms with E-state index in [4.69, 9.17) is 0 Å². The minimum absolute atomic E-state index is 0.0850. The van der Waals surface area contributed by atoms with Crippen LogP contribution in [0.5, 0.6) is 0 Å². The summed E-state index contributed by atoms with van der Waals surface area (Å²) in [6.07, 6.45) is 2.58. The molecular formula is C13H18N2OS2. The maximum absolute atomic E-state index is 12.1. The standard InChI is InChI=1S/C13H18N2OS2/c1-13(4-2-5-18-13)9-15-11(16)7-14-12(15)10-3-6-17-8-10/h3,6,8,12,14H,2,4-5,7,9H2,1H3. The molecule has 5 heteroatoms. The van der Waals surface area contributed by atoms with Gasteiger partial charge in [-0.05, 0) is 47.9 Å². The summed E-state index contributed by atoms with van der Waals surface area (Å²) in [7, 11) is 0. The summed E-state index contributed by atoms with van der Waals surface area (Å²) >= 11 is 3.70. The molecule has 2 aliphatic rings. The van der Waals surface area contributed by atoms with Crippen LogP contribution in [0.4, 0.5) is 0 Å². The second-order valence-corrected chi connectivity index (χ2v) is 7.73. The number of carbonyl (C=O) groups is 1. The molecule has 0 bridgehead atoms. The molecule has 0 saturated carbocycles. The average Bonchev–Trinajstić information content (AvgIpc) is 3.03. The van der Waals surface area contributed by atoms with E-state index in [0.29, 0.717) is 6.54 Å². The molecule has 1 aromatic heterocycles. The van der Waals surface area contributed by atoms with Crippen molar-refractivity contribution >= 4 is 29.0 Å². The van der Waals surface area contributed by atoms with Crippen molar-refractivity contribution in [2.75, 3.05) is 18.8 Å². The van der Waals surface area contributed by atoms with E-state index in [1.807, 2.05) is 16.7 Å². The van der Waals surface area contributed by atoms with Crippen LogP contribution in [0.3, 0.4) is 0 Å². The summed E-state index contributed by atoms with van der Waals surface area (Å²) in [5.74, 6) is 1.47. The summed E-state index contributed by atoms with van der Waals surface area (Å²) < 4.78 is 0.246. The molecule has 98 valence electrons. The van der Waals surface area contributed by atoms with Crippen molar-refractivity contribution in [3.8, 4) is 0 Å². The van der Waals surface area contributed by atoms with E-state index in [2.05, 4.69) is 29.1 Å². The predicted molar refractivity (Wildman–Crippen MR) is 76.9 cm³/mol. The van der Waals surface area contributed by atoms with E-state index in [9.17, 15) is 4.79 Å². The zero-order valence-electron chi connectivity index (χ0n) is 10.5. The van der Waals surface area contributed by atoms with Crippen molar-refractivity contribution in [3.05, 3.63) is 22.4 Å². The van der Waals surface area contributed by atoms with E-state index in [-0.39, 0.29) is 16.8 Å². The number of nitrogens with one attached hydrogen (secondary N) is 1. The molecule has 3 heterocycles. The molecule has 2 saturated heterocycles. The van der Waals surface area contributed by atoms with Crippen LogP contribution in [0.15, 0.2) is 16.8 Å². The highest BCUT2D eigenvalue weighted by Gasteiger charge is 2.39. The number of rotatable bonds is 3. The minimum atomic E-state index is 0.0850. The van der Waals surface area contributed by atoms with Crippen LogP contribution in [0.2, 0.25) is 0 Å². The summed E-state index contributed by atoms with van der Waals surface area (Å²) in [6, 6.07) is 2.11. The van der Waals surface area contributed by atoms with Gasteiger partial charge in [0.05, 0.1) is 6.54 Å². The van der Waals surface area contributed by atoms with Gasteiger partial charge < -0.3 is 4.90 Å². The first kappa shape index (κ1) is 12.5. The lowest BCUT2D eigenvalue weighted by Gasteiger charge is -2.32. The molecule has 2 atom stereocenters. The van der Waals surface area contributed by atoms with Crippen LogP contribution in [0.25, 0.3) is 0 Å². The first-order valence-corrected chi connectivity index (χ1v) is 8.30. The van der Waals surface area contributed by atoms with Crippen molar-refractivity contribution in [1.29, 1.82) is 0 Å². The third-order valence-corrected chi connectivity index (χ3v) is 5.97. The van der Waals surface area contributed by atoms with Gasteiger partial charge in [0, 0.05) is 11.3 Å². The highest BCUT2D eigenvalue weighted by Crippen LogP contribution is 2.40. The molecule has 0 radical (unpaired) electrons. The SMILES string of the molecule is CC1(CN2C(=O)CNC2c2ccsc2)CCCS1. The summed E-state index contributed by atoms with van der Waals surface area (Å²) in [4.78, 5) is 14.1. The van der Waals surface area contributed by atoms with Gasteiger partial charge >= 0.3 is 0 Å². The second-order valence-electron chi connectivity index (χ2n) is 5.26. The van der Waals surface area contributed by atoms with Gasteiger partial charge in [0.15, 0.2) is 0 Å². The number of thioether (sulfide) groups is 1. The fourth-order valence-corrected chi connectivity index (χ4v) is 4.75. The molecule has 1 N–H and O–H groups in total. The van der Waals surface area contributed by atoms with Gasteiger partial charge in [-0.3, -0.25) is 10.1 Å². The first-order valence-electron chi connectivity index (χ1n) is 6.37. The molecule has 1 aromatic rings. The average molecular weight is 282 g/mol. The van der Waals surface area contributed by atoms with Crippen LogP contribution in [-0.2, 0) is 4.79 Å². The topological polar surface area (TPSA) is 32.3 Å². The molecular weight excluding hydrogens is 264 g/mol. The van der Waals surface area contributed by atoms with Crippen LogP contribution in [0.1, 0.15) is 31.5 Å². The Morgan fingerprint density at radius 3 is 3.17 bits per heavy atom. The van der Waals surface area contributed by atoms with E-state index in [1.165, 1.54) is 24.2 Å². The number of hydrogen-bond donors (Lipinski definition) is 1. The number of nitrogens with zero attached hydrogens (tertiary/aromatic N) is 1. The normalized spacial score (nSPS) is 32.4. The largest absolute Gasteiger partial charge is 0.320 e. The molecule has 0 aromatic carbocycles. The molecule has 3 nitrogen and oxygen atoms in total. The minimum Gasteiger partial charge on any atom is -0.320 e. The molecule has 3 rings (SSSR count). The molecule has 1 amide bonds. The fourth-order valence-electron chi connectivity index (χ4n) is 2.77. The Labute approximate surface area is 116 Å². The second kappa shape index (κ2) is 4.87. The Balaban J connectivity index is 1.77. The third-order valence-electron chi connectivity index (χ3n) is 3.74. The van der Waals surface area contributed by atoms with Gasteiger partial charge in [-0.25, -0.2) is 0 Å².